The Kier molecular flexibility index (Phi) is 28.4. The van der Waals surface area contributed by atoms with Crippen LogP contribution >= 0.6 is 0 Å². The van der Waals surface area contributed by atoms with Gasteiger partial charge in [0, 0.05) is 13.0 Å². The Morgan fingerprint density at radius 3 is 1.27 bits per heavy atom. The van der Waals surface area contributed by atoms with Gasteiger partial charge in [-0.1, -0.05) is 124 Å². The minimum atomic E-state index is 0.248. The van der Waals surface area contributed by atoms with E-state index in [0.29, 0.717) is 0 Å². The predicted octanol–water partition coefficient (Wildman–Crippen LogP) is 8.19. The monoisotopic (exact) mass is 369 g/mol. The zero-order chi connectivity index (χ0) is 19.7. The fraction of sp³-hybridized carbons (Fsp3) is 0.958. The molecule has 0 heterocycles. The molecule has 2 nitrogen and oxygen atoms in total. The van der Waals surface area contributed by atoms with Crippen molar-refractivity contribution in [3.63, 3.8) is 0 Å². The van der Waals surface area contributed by atoms with Crippen molar-refractivity contribution in [3.05, 3.63) is 0 Å². The summed E-state index contributed by atoms with van der Waals surface area (Å²) in [6.45, 7) is 9.29. The molecule has 2 heteroatoms. The highest BCUT2D eigenvalue weighted by Gasteiger charge is 2.00. The second-order valence-electron chi connectivity index (χ2n) is 7.40. The number of amides is 1. The van der Waals surface area contributed by atoms with Crippen LogP contribution in [-0.4, -0.2) is 12.5 Å². The maximum Gasteiger partial charge on any atom is 0.219 e. The molecule has 1 N–H and O–H groups in total. The lowest BCUT2D eigenvalue weighted by atomic mass is 10.0. The molecule has 0 unspecified atom stereocenters. The van der Waals surface area contributed by atoms with E-state index in [4.69, 9.17) is 0 Å². The molecule has 0 atom stereocenters. The first-order valence-corrected chi connectivity index (χ1v) is 12.1. The maximum atomic E-state index is 11.5. The average molecular weight is 370 g/mol. The highest BCUT2D eigenvalue weighted by molar-refractivity contribution is 5.75. The van der Waals surface area contributed by atoms with E-state index in [1.54, 1.807) is 0 Å². The van der Waals surface area contributed by atoms with Crippen LogP contribution in [0.1, 0.15) is 143 Å². The van der Waals surface area contributed by atoms with Gasteiger partial charge in [-0.25, -0.2) is 0 Å². The molecule has 0 rings (SSSR count). The van der Waals surface area contributed by atoms with Crippen LogP contribution in [0.4, 0.5) is 0 Å². The highest BCUT2D eigenvalue weighted by atomic mass is 16.1. The first-order chi connectivity index (χ1) is 12.8. The first kappa shape index (κ1) is 27.7. The summed E-state index contributed by atoms with van der Waals surface area (Å²) in [5.41, 5.74) is 0. The second-order valence-corrected chi connectivity index (χ2v) is 7.40. The molecule has 0 aliphatic heterocycles. The molecule has 0 aliphatic rings. The lowest BCUT2D eigenvalue weighted by Gasteiger charge is -2.05. The minimum Gasteiger partial charge on any atom is -0.356 e. The molecule has 0 radical (unpaired) electrons. The lowest BCUT2D eigenvalue weighted by Crippen LogP contribution is -2.23. The molecular formula is C24H51NO. The summed E-state index contributed by atoms with van der Waals surface area (Å²) in [5.74, 6) is 0.248. The largest absolute Gasteiger partial charge is 0.356 e. The Labute approximate surface area is 166 Å². The summed E-state index contributed by atoms with van der Waals surface area (Å²) in [7, 11) is 0. The molecule has 0 spiro atoms. The Balaban J connectivity index is 0. The minimum absolute atomic E-state index is 0.248. The first-order valence-electron chi connectivity index (χ1n) is 12.1. The molecular weight excluding hydrogens is 318 g/mol. The van der Waals surface area contributed by atoms with Gasteiger partial charge in [0.25, 0.3) is 0 Å². The van der Waals surface area contributed by atoms with Crippen molar-refractivity contribution in [2.75, 3.05) is 6.54 Å². The molecule has 0 aromatic rings. The van der Waals surface area contributed by atoms with Crippen LogP contribution in [0.25, 0.3) is 0 Å². The number of hydrogen-bond donors (Lipinski definition) is 1. The number of rotatable bonds is 19. The van der Waals surface area contributed by atoms with E-state index < -0.39 is 0 Å². The standard InChI is InChI=1S/C22H45NO.C2H6/c1-3-5-7-8-9-10-11-12-13-14-15-16-17-18-19-20-22(24)23-21-6-4-2;1-2/h3-21H2,1-2H3,(H,23,24);1-2H3. The van der Waals surface area contributed by atoms with Crippen LogP contribution in [0.2, 0.25) is 0 Å². The van der Waals surface area contributed by atoms with Gasteiger partial charge < -0.3 is 5.32 Å². The van der Waals surface area contributed by atoms with Crippen LogP contribution in [0.3, 0.4) is 0 Å². The van der Waals surface area contributed by atoms with Gasteiger partial charge in [0.15, 0.2) is 0 Å². The van der Waals surface area contributed by atoms with Crippen LogP contribution < -0.4 is 5.32 Å². The topological polar surface area (TPSA) is 29.1 Å². The highest BCUT2D eigenvalue weighted by Crippen LogP contribution is 2.13. The number of carbonyl (C=O) groups is 1. The normalized spacial score (nSPS) is 10.3. The number of carbonyl (C=O) groups excluding carboxylic acids is 1. The molecule has 1 amide bonds. The second kappa shape index (κ2) is 26.7. The van der Waals surface area contributed by atoms with E-state index in [-0.39, 0.29) is 5.91 Å². The zero-order valence-electron chi connectivity index (χ0n) is 18.8. The van der Waals surface area contributed by atoms with Gasteiger partial charge in [0.1, 0.15) is 0 Å². The molecule has 0 aromatic heterocycles. The Morgan fingerprint density at radius 2 is 0.885 bits per heavy atom. The number of nitrogens with one attached hydrogen (secondary N) is 1. The van der Waals surface area contributed by atoms with E-state index in [1.807, 2.05) is 13.8 Å². The van der Waals surface area contributed by atoms with E-state index in [9.17, 15) is 4.79 Å². The van der Waals surface area contributed by atoms with E-state index >= 15 is 0 Å². The SMILES string of the molecule is CC.CCCCCCCCCCCCCCCCCC(=O)NCCCC. The molecule has 0 aliphatic carbocycles. The third kappa shape index (κ3) is 25.7. The van der Waals surface area contributed by atoms with Crippen molar-refractivity contribution in [2.24, 2.45) is 0 Å². The fourth-order valence-electron chi connectivity index (χ4n) is 3.15. The van der Waals surface area contributed by atoms with Crippen molar-refractivity contribution in [1.82, 2.24) is 5.32 Å². The van der Waals surface area contributed by atoms with Gasteiger partial charge in [-0.3, -0.25) is 4.79 Å². The Hall–Kier alpha value is -0.530. The summed E-state index contributed by atoms with van der Waals surface area (Å²) >= 11 is 0. The van der Waals surface area contributed by atoms with E-state index in [2.05, 4.69) is 19.2 Å². The Morgan fingerprint density at radius 1 is 0.538 bits per heavy atom. The quantitative estimate of drug-likeness (QED) is 0.228. The van der Waals surface area contributed by atoms with Crippen LogP contribution in [0, 0.1) is 0 Å². The summed E-state index contributed by atoms with van der Waals surface area (Å²) in [6, 6.07) is 0. The molecule has 158 valence electrons. The molecule has 0 saturated carbocycles. The Bertz CT molecular complexity index is 253. The summed E-state index contributed by atoms with van der Waals surface area (Å²) in [4.78, 5) is 11.5. The van der Waals surface area contributed by atoms with Crippen LogP contribution in [0.15, 0.2) is 0 Å². The van der Waals surface area contributed by atoms with Crippen molar-refractivity contribution in [1.29, 1.82) is 0 Å². The van der Waals surface area contributed by atoms with Crippen molar-refractivity contribution >= 4 is 5.91 Å². The van der Waals surface area contributed by atoms with Gasteiger partial charge in [0.05, 0.1) is 0 Å². The zero-order valence-corrected chi connectivity index (χ0v) is 18.8. The van der Waals surface area contributed by atoms with Crippen molar-refractivity contribution in [2.45, 2.75) is 143 Å². The molecule has 0 fully saturated rings. The summed E-state index contributed by atoms with van der Waals surface area (Å²) in [5, 5.41) is 2.99. The van der Waals surface area contributed by atoms with Crippen molar-refractivity contribution in [3.8, 4) is 0 Å². The molecule has 0 saturated heterocycles. The van der Waals surface area contributed by atoms with E-state index in [0.717, 1.165) is 32.2 Å². The van der Waals surface area contributed by atoms with Gasteiger partial charge in [0.2, 0.25) is 5.91 Å². The third-order valence-electron chi connectivity index (χ3n) is 4.86. The predicted molar refractivity (Wildman–Crippen MR) is 119 cm³/mol. The van der Waals surface area contributed by atoms with Gasteiger partial charge in [-0.05, 0) is 12.8 Å². The number of hydrogen-bond acceptors (Lipinski definition) is 1. The van der Waals surface area contributed by atoms with Crippen LogP contribution in [-0.2, 0) is 4.79 Å². The molecule has 26 heavy (non-hydrogen) atoms. The summed E-state index contributed by atoms with van der Waals surface area (Å²) in [6.07, 6.45) is 23.6. The maximum absolute atomic E-state index is 11.5. The van der Waals surface area contributed by atoms with Gasteiger partial charge in [-0.2, -0.15) is 0 Å². The lowest BCUT2D eigenvalue weighted by molar-refractivity contribution is -0.121. The van der Waals surface area contributed by atoms with Crippen LogP contribution in [0.5, 0.6) is 0 Å². The smallest absolute Gasteiger partial charge is 0.219 e. The number of unbranched alkanes of at least 4 members (excludes halogenated alkanes) is 15. The van der Waals surface area contributed by atoms with Gasteiger partial charge in [-0.15, -0.1) is 0 Å². The van der Waals surface area contributed by atoms with Gasteiger partial charge >= 0.3 is 0 Å². The van der Waals surface area contributed by atoms with E-state index in [1.165, 1.54) is 89.9 Å². The molecule has 0 aromatic carbocycles. The molecule has 0 bridgehead atoms. The third-order valence-corrected chi connectivity index (χ3v) is 4.86. The fourth-order valence-corrected chi connectivity index (χ4v) is 3.15. The van der Waals surface area contributed by atoms with Crippen molar-refractivity contribution < 1.29 is 4.79 Å². The average Bonchev–Trinajstić information content (AvgIpc) is 2.66. The summed E-state index contributed by atoms with van der Waals surface area (Å²) < 4.78 is 0.